The number of nitrogens with zero attached hydrogens (tertiary/aromatic N) is 6. The van der Waals surface area contributed by atoms with E-state index in [-0.39, 0.29) is 18.5 Å². The maximum Gasteiger partial charge on any atom is 0.184 e. The van der Waals surface area contributed by atoms with Gasteiger partial charge in [0.15, 0.2) is 17.0 Å². The molecule has 1 aliphatic rings. The van der Waals surface area contributed by atoms with Crippen LogP contribution in [-0.4, -0.2) is 60.5 Å². The zero-order valence-electron chi connectivity index (χ0n) is 16.0. The van der Waals surface area contributed by atoms with Crippen LogP contribution in [0.5, 0.6) is 0 Å². The minimum Gasteiger partial charge on any atom is -0.389 e. The van der Waals surface area contributed by atoms with E-state index in [9.17, 15) is 10.2 Å². The number of β-amino-alcohol motifs (C(OH)–C–C–N with tert-alkyl or cyclic N) is 2. The molecular formula is C19H23ClN6O2. The monoisotopic (exact) mass is 402 g/mol. The van der Waals surface area contributed by atoms with Crippen LogP contribution in [0.3, 0.4) is 0 Å². The number of hydrogen-bond acceptors (Lipinski definition) is 7. The molecule has 0 spiro atoms. The number of aliphatic hydroxyl groups excluding tert-OH is 2. The van der Waals surface area contributed by atoms with Crippen LogP contribution >= 0.6 is 11.6 Å². The smallest absolute Gasteiger partial charge is 0.184 e. The van der Waals surface area contributed by atoms with Crippen LogP contribution in [0.2, 0.25) is 5.02 Å². The molecule has 2 aromatic heterocycles. The predicted molar refractivity (Wildman–Crippen MR) is 107 cm³/mol. The lowest BCUT2D eigenvalue weighted by molar-refractivity contribution is 0.0572. The molecule has 9 heteroatoms. The molecule has 2 atom stereocenters. The second-order valence-corrected chi connectivity index (χ2v) is 8.58. The number of anilines is 1. The molecular weight excluding hydrogens is 380 g/mol. The Morgan fingerprint density at radius 1 is 1.11 bits per heavy atom. The number of fused-ring (bicyclic) bond motifs is 1. The molecule has 148 valence electrons. The molecule has 1 aromatic carbocycles. The summed E-state index contributed by atoms with van der Waals surface area (Å²) < 4.78 is 1.71. The molecule has 28 heavy (non-hydrogen) atoms. The lowest BCUT2D eigenvalue weighted by atomic mass is 9.96. The lowest BCUT2D eigenvalue weighted by Gasteiger charge is -2.21. The molecule has 0 radical (unpaired) electrons. The van der Waals surface area contributed by atoms with Gasteiger partial charge in [-0.05, 0) is 11.6 Å². The van der Waals surface area contributed by atoms with E-state index >= 15 is 0 Å². The Morgan fingerprint density at radius 2 is 1.79 bits per heavy atom. The second-order valence-electron chi connectivity index (χ2n) is 8.17. The largest absolute Gasteiger partial charge is 0.389 e. The first-order valence-corrected chi connectivity index (χ1v) is 9.58. The Hall–Kier alpha value is -2.29. The average molecular weight is 403 g/mol. The molecule has 0 unspecified atom stereocenters. The van der Waals surface area contributed by atoms with Gasteiger partial charge in [0.05, 0.1) is 18.8 Å². The molecule has 3 heterocycles. The minimum absolute atomic E-state index is 0.286. The van der Waals surface area contributed by atoms with Gasteiger partial charge in [-0.1, -0.05) is 55.8 Å². The van der Waals surface area contributed by atoms with E-state index in [0.29, 0.717) is 34.4 Å². The van der Waals surface area contributed by atoms with Crippen molar-refractivity contribution in [2.24, 2.45) is 0 Å². The maximum absolute atomic E-state index is 9.97. The number of halogens is 1. The van der Waals surface area contributed by atoms with Crippen molar-refractivity contribution >= 4 is 28.6 Å². The summed E-state index contributed by atoms with van der Waals surface area (Å²) in [7, 11) is 0. The Kier molecular flexibility index (Phi) is 4.73. The molecule has 0 amide bonds. The van der Waals surface area contributed by atoms with E-state index in [1.807, 2.05) is 49.9 Å². The van der Waals surface area contributed by atoms with Crippen molar-refractivity contribution in [1.29, 1.82) is 0 Å². The van der Waals surface area contributed by atoms with Gasteiger partial charge in [-0.15, -0.1) is 5.10 Å². The molecule has 3 aromatic rings. The van der Waals surface area contributed by atoms with Crippen molar-refractivity contribution in [3.63, 3.8) is 0 Å². The van der Waals surface area contributed by atoms with Crippen LogP contribution in [0.25, 0.3) is 11.2 Å². The van der Waals surface area contributed by atoms with Crippen molar-refractivity contribution in [2.45, 2.75) is 44.9 Å². The summed E-state index contributed by atoms with van der Waals surface area (Å²) in [6, 6.07) is 7.58. The Balaban J connectivity index is 1.83. The molecule has 1 aliphatic heterocycles. The van der Waals surface area contributed by atoms with Gasteiger partial charge >= 0.3 is 0 Å². The van der Waals surface area contributed by atoms with Gasteiger partial charge in [-0.3, -0.25) is 0 Å². The SMILES string of the molecule is CC(C)(C)c1nc(N2C[C@@H](O)[C@@H](O)C2)c2nnn(Cc3ccccc3Cl)c2n1. The van der Waals surface area contributed by atoms with Crippen molar-refractivity contribution in [3.05, 3.63) is 40.7 Å². The maximum atomic E-state index is 9.97. The third-order valence-electron chi connectivity index (χ3n) is 4.85. The summed E-state index contributed by atoms with van der Waals surface area (Å²) in [5.74, 6) is 1.23. The van der Waals surface area contributed by atoms with Crippen LogP contribution in [0.1, 0.15) is 32.2 Å². The van der Waals surface area contributed by atoms with Crippen LogP contribution in [0.15, 0.2) is 24.3 Å². The summed E-state index contributed by atoms with van der Waals surface area (Å²) in [5, 5.41) is 29.2. The Morgan fingerprint density at radius 3 is 2.43 bits per heavy atom. The van der Waals surface area contributed by atoms with Gasteiger partial charge in [-0.25, -0.2) is 14.6 Å². The van der Waals surface area contributed by atoms with Crippen molar-refractivity contribution in [1.82, 2.24) is 25.0 Å². The van der Waals surface area contributed by atoms with Crippen molar-refractivity contribution in [3.8, 4) is 0 Å². The number of benzene rings is 1. The average Bonchev–Trinajstić information content (AvgIpc) is 3.19. The van der Waals surface area contributed by atoms with E-state index in [4.69, 9.17) is 21.6 Å². The molecule has 4 rings (SSSR count). The third-order valence-corrected chi connectivity index (χ3v) is 5.22. The molecule has 0 saturated carbocycles. The highest BCUT2D eigenvalue weighted by Gasteiger charge is 2.33. The zero-order chi connectivity index (χ0) is 20.1. The van der Waals surface area contributed by atoms with Crippen LogP contribution in [-0.2, 0) is 12.0 Å². The summed E-state index contributed by atoms with van der Waals surface area (Å²) >= 11 is 6.31. The molecule has 8 nitrogen and oxygen atoms in total. The lowest BCUT2D eigenvalue weighted by Crippen LogP contribution is -2.25. The first kappa shape index (κ1) is 19.0. The summed E-state index contributed by atoms with van der Waals surface area (Å²) in [4.78, 5) is 11.3. The van der Waals surface area contributed by atoms with E-state index in [0.717, 1.165) is 5.56 Å². The van der Waals surface area contributed by atoms with Crippen LogP contribution in [0, 0.1) is 0 Å². The Labute approximate surface area is 167 Å². The van der Waals surface area contributed by atoms with Gasteiger partial charge in [0, 0.05) is 23.5 Å². The van der Waals surface area contributed by atoms with E-state index in [1.54, 1.807) is 4.68 Å². The number of rotatable bonds is 3. The first-order valence-electron chi connectivity index (χ1n) is 9.20. The number of aliphatic hydroxyl groups is 2. The van der Waals surface area contributed by atoms with Gasteiger partial charge in [0.25, 0.3) is 0 Å². The normalized spacial score (nSPS) is 20.3. The molecule has 0 bridgehead atoms. The standard InChI is InChI=1S/C19H23ClN6O2/c1-19(2,3)18-21-16(25-9-13(27)14(28)10-25)15-17(22-18)26(24-23-15)8-11-6-4-5-7-12(11)20/h4-7,13-14,27-28H,8-10H2,1-3H3/t13-,14+. The highest BCUT2D eigenvalue weighted by atomic mass is 35.5. The van der Waals surface area contributed by atoms with Crippen LogP contribution < -0.4 is 4.90 Å². The number of hydrogen-bond donors (Lipinski definition) is 2. The fourth-order valence-corrected chi connectivity index (χ4v) is 3.43. The van der Waals surface area contributed by atoms with Gasteiger partial charge in [-0.2, -0.15) is 0 Å². The highest BCUT2D eigenvalue weighted by Crippen LogP contribution is 2.30. The topological polar surface area (TPSA) is 100 Å². The summed E-state index contributed by atoms with van der Waals surface area (Å²) in [6.45, 7) is 7.11. The third kappa shape index (κ3) is 3.43. The molecule has 1 saturated heterocycles. The minimum atomic E-state index is -0.818. The van der Waals surface area contributed by atoms with Gasteiger partial charge < -0.3 is 15.1 Å². The predicted octanol–water partition coefficient (Wildman–Crippen LogP) is 1.76. The molecule has 1 fully saturated rings. The summed E-state index contributed by atoms with van der Waals surface area (Å²) in [5.41, 5.74) is 1.77. The molecule has 2 N–H and O–H groups in total. The van der Waals surface area contributed by atoms with E-state index in [2.05, 4.69) is 10.3 Å². The highest BCUT2D eigenvalue weighted by molar-refractivity contribution is 6.31. The van der Waals surface area contributed by atoms with E-state index in [1.165, 1.54) is 0 Å². The first-order chi connectivity index (χ1) is 13.2. The van der Waals surface area contributed by atoms with Crippen LogP contribution in [0.4, 0.5) is 5.82 Å². The van der Waals surface area contributed by atoms with Crippen molar-refractivity contribution < 1.29 is 10.2 Å². The fraction of sp³-hybridized carbons (Fsp3) is 0.474. The number of aromatic nitrogens is 5. The zero-order valence-corrected chi connectivity index (χ0v) is 16.8. The Bertz CT molecular complexity index is 1010. The van der Waals surface area contributed by atoms with E-state index < -0.39 is 12.2 Å². The van der Waals surface area contributed by atoms with Crippen molar-refractivity contribution in [2.75, 3.05) is 18.0 Å². The summed E-state index contributed by atoms with van der Waals surface area (Å²) in [6.07, 6.45) is -1.64. The quantitative estimate of drug-likeness (QED) is 0.688. The van der Waals surface area contributed by atoms with Gasteiger partial charge in [0.2, 0.25) is 0 Å². The fourth-order valence-electron chi connectivity index (χ4n) is 3.23. The molecule has 0 aliphatic carbocycles. The van der Waals surface area contributed by atoms with Gasteiger partial charge in [0.1, 0.15) is 5.82 Å². The second kappa shape index (κ2) is 6.95.